The molecule has 28 heavy (non-hydrogen) atoms. The maximum Gasteiger partial charge on any atom is 0.228 e. The molecule has 0 saturated carbocycles. The summed E-state index contributed by atoms with van der Waals surface area (Å²) < 4.78 is 13.1. The van der Waals surface area contributed by atoms with Crippen molar-refractivity contribution in [3.63, 3.8) is 0 Å². The first-order valence-electron chi connectivity index (χ1n) is 9.55. The molecule has 1 unspecified atom stereocenters. The van der Waals surface area contributed by atoms with E-state index in [1.165, 1.54) is 12.1 Å². The van der Waals surface area contributed by atoms with Crippen molar-refractivity contribution >= 4 is 11.6 Å². The number of hydrogen-bond acceptors (Lipinski definition) is 3. The van der Waals surface area contributed by atoms with Crippen molar-refractivity contribution < 1.29 is 9.18 Å². The van der Waals surface area contributed by atoms with Gasteiger partial charge >= 0.3 is 0 Å². The number of carbonyl (C=O) groups excluding carboxylic acids is 1. The average molecular weight is 378 g/mol. The van der Waals surface area contributed by atoms with Crippen LogP contribution in [0, 0.1) is 11.7 Å². The number of carbonyl (C=O) groups is 1. The number of aromatic nitrogens is 2. The van der Waals surface area contributed by atoms with Gasteiger partial charge in [-0.1, -0.05) is 24.3 Å². The maximum absolute atomic E-state index is 13.1. The first kappa shape index (κ1) is 18.4. The number of nitrogens with one attached hydrogen (secondary N) is 2. The van der Waals surface area contributed by atoms with Gasteiger partial charge in [-0.05, 0) is 60.8 Å². The van der Waals surface area contributed by atoms with Gasteiger partial charge in [0.15, 0.2) is 0 Å². The summed E-state index contributed by atoms with van der Waals surface area (Å²) >= 11 is 0. The molecule has 1 saturated heterocycles. The Hall–Kier alpha value is -2.99. The Labute approximate surface area is 163 Å². The number of hydrogen-bond donors (Lipinski definition) is 2. The largest absolute Gasteiger partial charge is 0.326 e. The van der Waals surface area contributed by atoms with Gasteiger partial charge < -0.3 is 5.32 Å². The Kier molecular flexibility index (Phi) is 5.48. The second-order valence-corrected chi connectivity index (χ2v) is 7.24. The Morgan fingerprint density at radius 1 is 1.14 bits per heavy atom. The first-order valence-corrected chi connectivity index (χ1v) is 9.55. The highest BCUT2D eigenvalue weighted by Crippen LogP contribution is 2.22. The van der Waals surface area contributed by atoms with E-state index in [0.29, 0.717) is 0 Å². The minimum absolute atomic E-state index is 0.0403. The summed E-state index contributed by atoms with van der Waals surface area (Å²) in [5, 5.41) is 9.92. The van der Waals surface area contributed by atoms with Crippen LogP contribution in [0.1, 0.15) is 18.4 Å². The zero-order valence-corrected chi connectivity index (χ0v) is 15.6. The number of likely N-dealkylation sites (tertiary alicyclic amines) is 1. The number of aromatic amines is 1. The summed E-state index contributed by atoms with van der Waals surface area (Å²) in [5.74, 6) is -0.210. The number of H-pyrrole nitrogens is 1. The van der Waals surface area contributed by atoms with Gasteiger partial charge in [-0.2, -0.15) is 5.10 Å². The highest BCUT2D eigenvalue weighted by atomic mass is 19.1. The van der Waals surface area contributed by atoms with Crippen molar-refractivity contribution in [3.8, 4) is 11.3 Å². The Morgan fingerprint density at radius 2 is 1.93 bits per heavy atom. The molecule has 2 aromatic carbocycles. The predicted molar refractivity (Wildman–Crippen MR) is 107 cm³/mol. The molecule has 144 valence electrons. The molecule has 0 aliphatic carbocycles. The fourth-order valence-electron chi connectivity index (χ4n) is 3.66. The van der Waals surface area contributed by atoms with Crippen LogP contribution in [0.15, 0.2) is 60.8 Å². The molecular weight excluding hydrogens is 355 g/mol. The molecule has 0 radical (unpaired) electrons. The van der Waals surface area contributed by atoms with E-state index in [-0.39, 0.29) is 17.6 Å². The van der Waals surface area contributed by atoms with Gasteiger partial charge in [-0.15, -0.1) is 0 Å². The molecule has 0 spiro atoms. The van der Waals surface area contributed by atoms with E-state index in [0.717, 1.165) is 55.0 Å². The van der Waals surface area contributed by atoms with Gasteiger partial charge in [-0.25, -0.2) is 4.39 Å². The average Bonchev–Trinajstić information content (AvgIpc) is 3.25. The Morgan fingerprint density at radius 3 is 2.64 bits per heavy atom. The van der Waals surface area contributed by atoms with Crippen molar-refractivity contribution in [2.24, 2.45) is 5.92 Å². The van der Waals surface area contributed by atoms with Crippen molar-refractivity contribution in [1.29, 1.82) is 0 Å². The van der Waals surface area contributed by atoms with Gasteiger partial charge in [0.2, 0.25) is 5.91 Å². The second kappa shape index (κ2) is 8.35. The van der Waals surface area contributed by atoms with Crippen LogP contribution >= 0.6 is 0 Å². The third-order valence-electron chi connectivity index (χ3n) is 5.16. The van der Waals surface area contributed by atoms with Crippen LogP contribution in [0.5, 0.6) is 0 Å². The van der Waals surface area contributed by atoms with Crippen LogP contribution in [0.25, 0.3) is 11.3 Å². The van der Waals surface area contributed by atoms with Crippen LogP contribution < -0.4 is 5.32 Å². The van der Waals surface area contributed by atoms with Crippen LogP contribution in [0.2, 0.25) is 0 Å². The molecule has 1 fully saturated rings. The zero-order valence-electron chi connectivity index (χ0n) is 15.6. The van der Waals surface area contributed by atoms with Gasteiger partial charge in [0.25, 0.3) is 0 Å². The van der Waals surface area contributed by atoms with Crippen LogP contribution in [0.4, 0.5) is 10.1 Å². The van der Waals surface area contributed by atoms with E-state index >= 15 is 0 Å². The third kappa shape index (κ3) is 4.46. The fourth-order valence-corrected chi connectivity index (χ4v) is 3.66. The molecule has 1 atom stereocenters. The van der Waals surface area contributed by atoms with Crippen LogP contribution in [-0.4, -0.2) is 34.1 Å². The standard InChI is InChI=1S/C22H23FN4O/c23-19-7-3-16(4-8-19)14-27-13-1-2-18(15-27)22(28)25-20-9-5-17(6-10-20)21-11-12-24-26-21/h3-12,18H,1-2,13-15H2,(H,24,26)(H,25,28). The Bertz CT molecular complexity index is 907. The minimum Gasteiger partial charge on any atom is -0.326 e. The summed E-state index contributed by atoms with van der Waals surface area (Å²) in [4.78, 5) is 15.0. The summed E-state index contributed by atoms with van der Waals surface area (Å²) in [7, 11) is 0. The van der Waals surface area contributed by atoms with E-state index in [1.54, 1.807) is 18.3 Å². The number of halogens is 1. The molecule has 6 heteroatoms. The van der Waals surface area contributed by atoms with E-state index in [1.807, 2.05) is 30.3 Å². The van der Waals surface area contributed by atoms with Gasteiger partial charge in [0, 0.05) is 25.0 Å². The third-order valence-corrected chi connectivity index (χ3v) is 5.16. The SMILES string of the molecule is O=C(Nc1ccc(-c2ccn[nH]2)cc1)C1CCCN(Cc2ccc(F)cc2)C1. The monoisotopic (exact) mass is 378 g/mol. The number of piperidine rings is 1. The van der Waals surface area contributed by atoms with Gasteiger partial charge in [0.1, 0.15) is 5.82 Å². The van der Waals surface area contributed by atoms with Crippen molar-refractivity contribution in [1.82, 2.24) is 15.1 Å². The lowest BCUT2D eigenvalue weighted by atomic mass is 9.96. The highest BCUT2D eigenvalue weighted by molar-refractivity contribution is 5.93. The van der Waals surface area contributed by atoms with Gasteiger partial charge in [0.05, 0.1) is 11.6 Å². The van der Waals surface area contributed by atoms with Crippen LogP contribution in [0.3, 0.4) is 0 Å². The van der Waals surface area contributed by atoms with Crippen molar-refractivity contribution in [3.05, 3.63) is 72.2 Å². The zero-order chi connectivity index (χ0) is 19.3. The van der Waals surface area contributed by atoms with Crippen LogP contribution in [-0.2, 0) is 11.3 Å². The second-order valence-electron chi connectivity index (χ2n) is 7.24. The minimum atomic E-state index is -0.224. The number of rotatable bonds is 5. The molecule has 4 rings (SSSR count). The number of nitrogens with zero attached hydrogens (tertiary/aromatic N) is 2. The molecule has 3 aromatic rings. The maximum atomic E-state index is 13.1. The lowest BCUT2D eigenvalue weighted by Gasteiger charge is -2.32. The molecular formula is C22H23FN4O. The van der Waals surface area contributed by atoms with Crippen molar-refractivity contribution in [2.75, 3.05) is 18.4 Å². The topological polar surface area (TPSA) is 61.0 Å². The molecule has 2 heterocycles. The predicted octanol–water partition coefficient (Wildman–Crippen LogP) is 4.07. The summed E-state index contributed by atoms with van der Waals surface area (Å²) in [6.07, 6.45) is 3.59. The quantitative estimate of drug-likeness (QED) is 0.704. The molecule has 1 aliphatic rings. The molecule has 5 nitrogen and oxygen atoms in total. The first-order chi connectivity index (χ1) is 13.7. The fraction of sp³-hybridized carbons (Fsp3) is 0.273. The molecule has 0 bridgehead atoms. The lowest BCUT2D eigenvalue weighted by molar-refractivity contribution is -0.121. The summed E-state index contributed by atoms with van der Waals surface area (Å²) in [6.45, 7) is 2.42. The number of benzene rings is 2. The number of anilines is 1. The smallest absolute Gasteiger partial charge is 0.228 e. The summed E-state index contributed by atoms with van der Waals surface area (Å²) in [6, 6.07) is 16.2. The van der Waals surface area contributed by atoms with E-state index < -0.39 is 0 Å². The number of amides is 1. The molecule has 2 N–H and O–H groups in total. The van der Waals surface area contributed by atoms with Crippen molar-refractivity contribution in [2.45, 2.75) is 19.4 Å². The highest BCUT2D eigenvalue weighted by Gasteiger charge is 2.25. The van der Waals surface area contributed by atoms with E-state index in [2.05, 4.69) is 20.4 Å². The lowest BCUT2D eigenvalue weighted by Crippen LogP contribution is -2.40. The normalized spacial score (nSPS) is 17.4. The molecule has 1 amide bonds. The van der Waals surface area contributed by atoms with E-state index in [4.69, 9.17) is 0 Å². The molecule has 1 aromatic heterocycles. The summed E-state index contributed by atoms with van der Waals surface area (Å²) in [5.41, 5.74) is 3.83. The molecule has 1 aliphatic heterocycles. The van der Waals surface area contributed by atoms with E-state index in [9.17, 15) is 9.18 Å². The van der Waals surface area contributed by atoms with Gasteiger partial charge in [-0.3, -0.25) is 14.8 Å². The Balaban J connectivity index is 1.34.